The Bertz CT molecular complexity index is 1210. The number of hydrogen-bond donors (Lipinski definition) is 1. The van der Waals surface area contributed by atoms with Gasteiger partial charge in [0.1, 0.15) is 5.82 Å². The Kier molecular flexibility index (Phi) is 3.30. The second kappa shape index (κ2) is 5.70. The number of aromatic nitrogens is 2. The Balaban J connectivity index is 1.64. The number of carbonyl (C=O) groups is 1. The second-order valence-electron chi connectivity index (χ2n) is 6.46. The summed E-state index contributed by atoms with van der Waals surface area (Å²) in [5.41, 5.74) is 2.20. The van der Waals surface area contributed by atoms with Crippen LogP contribution >= 0.6 is 0 Å². The average molecular weight is 362 g/mol. The number of fused-ring (bicyclic) bond motifs is 3. The number of aromatic carboxylic acids is 1. The van der Waals surface area contributed by atoms with Crippen molar-refractivity contribution in [2.45, 2.75) is 13.0 Å². The molecular weight excluding hydrogens is 348 g/mol. The van der Waals surface area contributed by atoms with Gasteiger partial charge < -0.3 is 14.6 Å². The highest BCUT2D eigenvalue weighted by Crippen LogP contribution is 2.34. The van der Waals surface area contributed by atoms with Crippen LogP contribution in [0, 0.1) is 0 Å². The second-order valence-corrected chi connectivity index (χ2v) is 6.46. The molecule has 0 saturated heterocycles. The molecule has 3 heterocycles. The summed E-state index contributed by atoms with van der Waals surface area (Å²) < 4.78 is 12.4. The van der Waals surface area contributed by atoms with Crippen molar-refractivity contribution in [3.05, 3.63) is 63.7 Å². The number of hydrogen-bond acceptors (Lipinski definition) is 5. The third kappa shape index (κ3) is 2.47. The smallest absolute Gasteiger partial charge is 0.335 e. The molecule has 2 aliphatic heterocycles. The lowest BCUT2D eigenvalue weighted by Gasteiger charge is -2.06. The van der Waals surface area contributed by atoms with Crippen LogP contribution in [0.3, 0.4) is 0 Å². The van der Waals surface area contributed by atoms with Gasteiger partial charge in [-0.3, -0.25) is 9.36 Å². The SMILES string of the molecule is O=C(O)c1ccc2c(=O)n3c(nc2c1)/C(=C\c1ccc2c(c1)OCO2)CC3. The van der Waals surface area contributed by atoms with Crippen molar-refractivity contribution < 1.29 is 19.4 Å². The number of ether oxygens (including phenoxy) is 2. The van der Waals surface area contributed by atoms with Gasteiger partial charge in [0.2, 0.25) is 6.79 Å². The summed E-state index contributed by atoms with van der Waals surface area (Å²) in [5, 5.41) is 9.61. The number of nitrogens with zero attached hydrogens (tertiary/aromatic N) is 2. The molecule has 7 nitrogen and oxygen atoms in total. The Morgan fingerprint density at radius 3 is 2.85 bits per heavy atom. The van der Waals surface area contributed by atoms with E-state index in [-0.39, 0.29) is 17.9 Å². The lowest BCUT2D eigenvalue weighted by Crippen LogP contribution is -2.20. The summed E-state index contributed by atoms with van der Waals surface area (Å²) >= 11 is 0. The summed E-state index contributed by atoms with van der Waals surface area (Å²) in [5.74, 6) is 0.936. The molecule has 0 radical (unpaired) electrons. The van der Waals surface area contributed by atoms with E-state index in [1.807, 2.05) is 24.3 Å². The minimum Gasteiger partial charge on any atom is -0.478 e. The van der Waals surface area contributed by atoms with E-state index >= 15 is 0 Å². The first kappa shape index (κ1) is 15.6. The lowest BCUT2D eigenvalue weighted by molar-refractivity contribution is 0.0697. The van der Waals surface area contributed by atoms with Gasteiger partial charge in [-0.15, -0.1) is 0 Å². The molecule has 134 valence electrons. The molecule has 7 heteroatoms. The van der Waals surface area contributed by atoms with Gasteiger partial charge in [-0.1, -0.05) is 6.07 Å². The lowest BCUT2D eigenvalue weighted by atomic mass is 10.1. The third-order valence-electron chi connectivity index (χ3n) is 4.83. The molecule has 0 saturated carbocycles. The zero-order chi connectivity index (χ0) is 18.5. The summed E-state index contributed by atoms with van der Waals surface area (Å²) in [7, 11) is 0. The maximum absolute atomic E-state index is 12.8. The fourth-order valence-electron chi connectivity index (χ4n) is 3.49. The Labute approximate surface area is 153 Å². The summed E-state index contributed by atoms with van der Waals surface area (Å²) in [4.78, 5) is 28.6. The largest absolute Gasteiger partial charge is 0.478 e. The van der Waals surface area contributed by atoms with Gasteiger partial charge in [-0.05, 0) is 54.0 Å². The van der Waals surface area contributed by atoms with Crippen molar-refractivity contribution in [2.75, 3.05) is 6.79 Å². The van der Waals surface area contributed by atoms with E-state index in [2.05, 4.69) is 4.98 Å². The van der Waals surface area contributed by atoms with E-state index in [9.17, 15) is 14.7 Å². The molecule has 0 atom stereocenters. The quantitative estimate of drug-likeness (QED) is 0.754. The van der Waals surface area contributed by atoms with Crippen molar-refractivity contribution >= 4 is 28.5 Å². The zero-order valence-electron chi connectivity index (χ0n) is 14.1. The fourth-order valence-corrected chi connectivity index (χ4v) is 3.49. The van der Waals surface area contributed by atoms with E-state index in [0.29, 0.717) is 41.2 Å². The van der Waals surface area contributed by atoms with Gasteiger partial charge in [0.25, 0.3) is 5.56 Å². The van der Waals surface area contributed by atoms with Crippen LogP contribution in [-0.2, 0) is 6.54 Å². The number of rotatable bonds is 2. The van der Waals surface area contributed by atoms with Gasteiger partial charge in [0, 0.05) is 6.54 Å². The number of allylic oxidation sites excluding steroid dienone is 1. The molecule has 0 aliphatic carbocycles. The van der Waals surface area contributed by atoms with Gasteiger partial charge in [-0.25, -0.2) is 9.78 Å². The zero-order valence-corrected chi connectivity index (χ0v) is 14.1. The Hall–Kier alpha value is -3.61. The number of carboxylic acids is 1. The normalized spacial score (nSPS) is 16.1. The molecule has 1 N–H and O–H groups in total. The van der Waals surface area contributed by atoms with E-state index in [1.165, 1.54) is 18.2 Å². The first-order valence-corrected chi connectivity index (χ1v) is 8.49. The summed E-state index contributed by atoms with van der Waals surface area (Å²) in [6.45, 7) is 0.765. The van der Waals surface area contributed by atoms with Crippen LogP contribution in [0.5, 0.6) is 11.5 Å². The molecule has 5 rings (SSSR count). The molecule has 2 aromatic carbocycles. The number of carboxylic acid groups (broad SMARTS) is 1. The van der Waals surface area contributed by atoms with E-state index in [0.717, 1.165) is 11.1 Å². The van der Waals surface area contributed by atoms with Crippen molar-refractivity contribution in [2.24, 2.45) is 0 Å². The third-order valence-corrected chi connectivity index (χ3v) is 4.83. The molecular formula is C20H14N2O5. The van der Waals surface area contributed by atoms with E-state index in [1.54, 1.807) is 4.57 Å². The van der Waals surface area contributed by atoms with Gasteiger partial charge in [0.05, 0.1) is 16.5 Å². The summed E-state index contributed by atoms with van der Waals surface area (Å²) in [6.07, 6.45) is 2.65. The fraction of sp³-hybridized carbons (Fsp3) is 0.150. The van der Waals surface area contributed by atoms with Crippen LogP contribution in [0.2, 0.25) is 0 Å². The molecule has 27 heavy (non-hydrogen) atoms. The highest BCUT2D eigenvalue weighted by Gasteiger charge is 2.22. The van der Waals surface area contributed by atoms with Crippen LogP contribution in [-0.4, -0.2) is 27.4 Å². The van der Waals surface area contributed by atoms with Crippen LogP contribution in [0.15, 0.2) is 41.2 Å². The maximum atomic E-state index is 12.8. The van der Waals surface area contributed by atoms with Crippen molar-refractivity contribution in [1.82, 2.24) is 9.55 Å². The van der Waals surface area contributed by atoms with Crippen molar-refractivity contribution in [1.29, 1.82) is 0 Å². The molecule has 0 spiro atoms. The number of benzene rings is 2. The van der Waals surface area contributed by atoms with Crippen LogP contribution in [0.4, 0.5) is 0 Å². The van der Waals surface area contributed by atoms with Crippen LogP contribution in [0.1, 0.15) is 28.2 Å². The molecule has 0 unspecified atom stereocenters. The van der Waals surface area contributed by atoms with Gasteiger partial charge in [-0.2, -0.15) is 0 Å². The molecule has 2 aliphatic rings. The van der Waals surface area contributed by atoms with E-state index < -0.39 is 5.97 Å². The highest BCUT2D eigenvalue weighted by molar-refractivity contribution is 5.93. The van der Waals surface area contributed by atoms with E-state index in [4.69, 9.17) is 9.47 Å². The minimum atomic E-state index is -1.05. The van der Waals surface area contributed by atoms with Gasteiger partial charge in [0.15, 0.2) is 11.5 Å². The van der Waals surface area contributed by atoms with Gasteiger partial charge >= 0.3 is 5.97 Å². The monoisotopic (exact) mass is 362 g/mol. The average Bonchev–Trinajstić information content (AvgIpc) is 3.28. The predicted octanol–water partition coefficient (Wildman–Crippen LogP) is 2.77. The maximum Gasteiger partial charge on any atom is 0.335 e. The first-order chi connectivity index (χ1) is 13.1. The minimum absolute atomic E-state index is 0.110. The van der Waals surface area contributed by atoms with Crippen molar-refractivity contribution in [3.8, 4) is 11.5 Å². The molecule has 0 bridgehead atoms. The Morgan fingerprint density at radius 2 is 2.00 bits per heavy atom. The predicted molar refractivity (Wildman–Crippen MR) is 98.0 cm³/mol. The topological polar surface area (TPSA) is 90.7 Å². The summed E-state index contributed by atoms with van der Waals surface area (Å²) in [6, 6.07) is 10.1. The van der Waals surface area contributed by atoms with Crippen LogP contribution in [0.25, 0.3) is 22.6 Å². The molecule has 3 aromatic rings. The van der Waals surface area contributed by atoms with Crippen LogP contribution < -0.4 is 15.0 Å². The first-order valence-electron chi connectivity index (χ1n) is 8.49. The molecule has 0 fully saturated rings. The van der Waals surface area contributed by atoms with Crippen molar-refractivity contribution in [3.63, 3.8) is 0 Å². The Morgan fingerprint density at radius 1 is 1.15 bits per heavy atom. The molecule has 0 amide bonds. The highest BCUT2D eigenvalue weighted by atomic mass is 16.7. The molecule has 1 aromatic heterocycles. The standard InChI is InChI=1S/C20H14N2O5/c23-19-14-3-2-13(20(24)25)9-15(14)21-18-12(5-6-22(18)19)7-11-1-4-16-17(8-11)27-10-26-16/h1-4,7-9H,5-6,10H2,(H,24,25)/b12-7-.